The van der Waals surface area contributed by atoms with Crippen molar-refractivity contribution in [3.8, 4) is 11.5 Å². The molecule has 0 unspecified atom stereocenters. The molecule has 4 heteroatoms. The Labute approximate surface area is 125 Å². The third kappa shape index (κ3) is 3.21. The Balaban J connectivity index is 1.64. The van der Waals surface area contributed by atoms with Crippen molar-refractivity contribution in [1.29, 1.82) is 0 Å². The first kappa shape index (κ1) is 13.6. The van der Waals surface area contributed by atoms with Gasteiger partial charge in [-0.15, -0.1) is 0 Å². The molecule has 4 nitrogen and oxygen atoms in total. The maximum atomic E-state index is 5.88. The zero-order valence-corrected chi connectivity index (χ0v) is 12.0. The molecule has 0 saturated heterocycles. The van der Waals surface area contributed by atoms with Crippen molar-refractivity contribution in [2.75, 3.05) is 36.9 Å². The van der Waals surface area contributed by atoms with Crippen LogP contribution in [-0.2, 0) is 0 Å². The van der Waals surface area contributed by atoms with E-state index in [0.29, 0.717) is 12.3 Å². The van der Waals surface area contributed by atoms with Gasteiger partial charge < -0.3 is 20.1 Å². The van der Waals surface area contributed by atoms with Crippen LogP contribution in [0.1, 0.15) is 6.42 Å². The number of para-hydroxylation sites is 4. The topological polar surface area (TPSA) is 47.7 Å². The predicted molar refractivity (Wildman–Crippen MR) is 85.1 cm³/mol. The lowest BCUT2D eigenvalue weighted by Crippen LogP contribution is -2.29. The predicted octanol–water partition coefficient (Wildman–Crippen LogP) is 2.94. The van der Waals surface area contributed by atoms with Crippen LogP contribution in [0, 0.1) is 0 Å². The van der Waals surface area contributed by atoms with Gasteiger partial charge in [-0.05, 0) is 30.7 Å². The highest BCUT2D eigenvalue weighted by molar-refractivity contribution is 5.59. The lowest BCUT2D eigenvalue weighted by atomic mass is 10.2. The molecule has 110 valence electrons. The van der Waals surface area contributed by atoms with Crippen molar-refractivity contribution in [1.82, 2.24) is 0 Å². The minimum Gasteiger partial charge on any atom is -0.491 e. The number of nitrogen functional groups attached to an aromatic ring is 1. The first-order chi connectivity index (χ1) is 10.3. The number of anilines is 2. The lowest BCUT2D eigenvalue weighted by Gasteiger charge is -2.23. The van der Waals surface area contributed by atoms with E-state index in [-0.39, 0.29) is 0 Å². The highest BCUT2D eigenvalue weighted by Crippen LogP contribution is 2.30. The van der Waals surface area contributed by atoms with Gasteiger partial charge in [0.05, 0.1) is 24.5 Å². The molecule has 1 aliphatic heterocycles. The molecule has 0 aliphatic carbocycles. The molecule has 0 saturated carbocycles. The second kappa shape index (κ2) is 6.39. The lowest BCUT2D eigenvalue weighted by molar-refractivity contribution is 0.318. The molecule has 0 aromatic heterocycles. The van der Waals surface area contributed by atoms with E-state index in [9.17, 15) is 0 Å². The maximum absolute atomic E-state index is 5.88. The molecule has 0 atom stereocenters. The van der Waals surface area contributed by atoms with Gasteiger partial charge in [0, 0.05) is 6.54 Å². The summed E-state index contributed by atoms with van der Waals surface area (Å²) in [6.07, 6.45) is 1.02. The van der Waals surface area contributed by atoms with Crippen LogP contribution in [0.15, 0.2) is 48.5 Å². The molecule has 3 rings (SSSR count). The fourth-order valence-electron chi connectivity index (χ4n) is 2.51. The summed E-state index contributed by atoms with van der Waals surface area (Å²) in [7, 11) is 0. The van der Waals surface area contributed by atoms with Crippen molar-refractivity contribution in [2.24, 2.45) is 0 Å². The summed E-state index contributed by atoms with van der Waals surface area (Å²) in [4.78, 5) is 2.31. The first-order valence-electron chi connectivity index (χ1n) is 7.29. The van der Waals surface area contributed by atoms with Crippen LogP contribution in [0.4, 0.5) is 11.4 Å². The Bertz CT molecular complexity index is 601. The third-order valence-corrected chi connectivity index (χ3v) is 3.57. The largest absolute Gasteiger partial charge is 0.491 e. The summed E-state index contributed by atoms with van der Waals surface area (Å²) in [5.74, 6) is 1.70. The van der Waals surface area contributed by atoms with Crippen molar-refractivity contribution in [3.05, 3.63) is 48.5 Å². The van der Waals surface area contributed by atoms with Crippen LogP contribution >= 0.6 is 0 Å². The Hall–Kier alpha value is -2.36. The van der Waals surface area contributed by atoms with E-state index >= 15 is 0 Å². The van der Waals surface area contributed by atoms with Gasteiger partial charge in [0.1, 0.15) is 18.1 Å². The summed E-state index contributed by atoms with van der Waals surface area (Å²) in [5.41, 5.74) is 7.70. The molecule has 0 fully saturated rings. The minimum atomic E-state index is 0.600. The molecule has 2 aromatic carbocycles. The highest BCUT2D eigenvalue weighted by Gasteiger charge is 2.15. The van der Waals surface area contributed by atoms with Gasteiger partial charge in [-0.1, -0.05) is 24.3 Å². The zero-order chi connectivity index (χ0) is 14.5. The quantitative estimate of drug-likeness (QED) is 0.877. The summed E-state index contributed by atoms with van der Waals surface area (Å²) in [5, 5.41) is 0. The summed E-state index contributed by atoms with van der Waals surface area (Å²) in [6.45, 7) is 3.15. The Kier molecular flexibility index (Phi) is 4.15. The van der Waals surface area contributed by atoms with Gasteiger partial charge in [0.25, 0.3) is 0 Å². The average Bonchev–Trinajstić information content (AvgIpc) is 2.72. The number of hydrogen-bond donors (Lipinski definition) is 1. The number of nitrogens with two attached hydrogens (primary N) is 1. The summed E-state index contributed by atoms with van der Waals surface area (Å²) in [6, 6.07) is 15.7. The number of benzene rings is 2. The van der Waals surface area contributed by atoms with Crippen LogP contribution in [0.25, 0.3) is 0 Å². The third-order valence-electron chi connectivity index (χ3n) is 3.57. The zero-order valence-electron chi connectivity index (χ0n) is 12.0. The van der Waals surface area contributed by atoms with Crippen molar-refractivity contribution in [3.63, 3.8) is 0 Å². The summed E-state index contributed by atoms with van der Waals surface area (Å²) >= 11 is 0. The monoisotopic (exact) mass is 284 g/mol. The molecule has 0 spiro atoms. The van der Waals surface area contributed by atoms with E-state index in [0.717, 1.165) is 43.3 Å². The molecule has 2 N–H and O–H groups in total. The van der Waals surface area contributed by atoms with Gasteiger partial charge in [-0.3, -0.25) is 0 Å². The molecular weight excluding hydrogens is 264 g/mol. The van der Waals surface area contributed by atoms with E-state index in [4.69, 9.17) is 15.2 Å². The molecule has 0 radical (unpaired) electrons. The van der Waals surface area contributed by atoms with E-state index in [2.05, 4.69) is 11.0 Å². The second-order valence-electron chi connectivity index (χ2n) is 5.04. The Morgan fingerprint density at radius 3 is 2.81 bits per heavy atom. The number of hydrogen-bond acceptors (Lipinski definition) is 4. The van der Waals surface area contributed by atoms with Gasteiger partial charge in [0.15, 0.2) is 0 Å². The molecule has 2 aromatic rings. The van der Waals surface area contributed by atoms with Gasteiger partial charge >= 0.3 is 0 Å². The minimum absolute atomic E-state index is 0.600. The average molecular weight is 284 g/mol. The Morgan fingerprint density at radius 2 is 1.90 bits per heavy atom. The van der Waals surface area contributed by atoms with Crippen LogP contribution in [0.2, 0.25) is 0 Å². The van der Waals surface area contributed by atoms with E-state index < -0.39 is 0 Å². The van der Waals surface area contributed by atoms with Crippen LogP contribution in [-0.4, -0.2) is 26.3 Å². The SMILES string of the molecule is Nc1ccccc1OCCN1CCCOc2ccccc21. The van der Waals surface area contributed by atoms with Crippen molar-refractivity contribution >= 4 is 11.4 Å². The van der Waals surface area contributed by atoms with Crippen molar-refractivity contribution in [2.45, 2.75) is 6.42 Å². The van der Waals surface area contributed by atoms with Crippen LogP contribution in [0.3, 0.4) is 0 Å². The molecule has 1 aliphatic rings. The van der Waals surface area contributed by atoms with Gasteiger partial charge in [-0.2, -0.15) is 0 Å². The van der Waals surface area contributed by atoms with E-state index in [1.54, 1.807) is 0 Å². The van der Waals surface area contributed by atoms with E-state index in [1.165, 1.54) is 0 Å². The van der Waals surface area contributed by atoms with Gasteiger partial charge in [0.2, 0.25) is 0 Å². The normalized spacial score (nSPS) is 14.0. The molecule has 21 heavy (non-hydrogen) atoms. The highest BCUT2D eigenvalue weighted by atomic mass is 16.5. The number of fused-ring (bicyclic) bond motifs is 1. The number of nitrogens with zero attached hydrogens (tertiary/aromatic N) is 1. The number of rotatable bonds is 4. The molecule has 0 bridgehead atoms. The number of ether oxygens (including phenoxy) is 2. The summed E-state index contributed by atoms with van der Waals surface area (Å²) < 4.78 is 11.5. The van der Waals surface area contributed by atoms with Gasteiger partial charge in [-0.25, -0.2) is 0 Å². The standard InChI is InChI=1S/C17H20N2O2/c18-14-6-1-3-8-16(14)21-13-11-19-10-5-12-20-17-9-4-2-7-15(17)19/h1-4,6-9H,5,10-13,18H2. The molecule has 1 heterocycles. The fraction of sp³-hybridized carbons (Fsp3) is 0.294. The smallest absolute Gasteiger partial charge is 0.142 e. The fourth-order valence-corrected chi connectivity index (χ4v) is 2.51. The second-order valence-corrected chi connectivity index (χ2v) is 5.04. The molecular formula is C17H20N2O2. The maximum Gasteiger partial charge on any atom is 0.142 e. The first-order valence-corrected chi connectivity index (χ1v) is 7.29. The van der Waals surface area contributed by atoms with Crippen LogP contribution in [0.5, 0.6) is 11.5 Å². The Morgan fingerprint density at radius 1 is 1.10 bits per heavy atom. The van der Waals surface area contributed by atoms with E-state index in [1.807, 2.05) is 42.5 Å². The van der Waals surface area contributed by atoms with Crippen LogP contribution < -0.4 is 20.1 Å². The van der Waals surface area contributed by atoms with Crippen molar-refractivity contribution < 1.29 is 9.47 Å². The molecule has 0 amide bonds.